The summed E-state index contributed by atoms with van der Waals surface area (Å²) in [7, 11) is 1.60. The molecule has 1 aromatic carbocycles. The third-order valence-corrected chi connectivity index (χ3v) is 2.54. The Morgan fingerprint density at radius 2 is 2.09 bits per heavy atom. The molecule has 0 heterocycles. The first kappa shape index (κ1) is 8.88. The van der Waals surface area contributed by atoms with Crippen molar-refractivity contribution in [3.63, 3.8) is 0 Å². The molecule has 0 aliphatic rings. The molecule has 1 rings (SSSR count). The monoisotopic (exact) mass is 234 g/mol. The molecule has 0 aliphatic carbocycles. The van der Waals surface area contributed by atoms with Gasteiger partial charge in [0.1, 0.15) is 0 Å². The average Bonchev–Trinajstić information content (AvgIpc) is 1.99. The zero-order valence-electron chi connectivity index (χ0n) is 6.32. The number of benzene rings is 1. The van der Waals surface area contributed by atoms with Crippen molar-refractivity contribution in [2.24, 2.45) is 0 Å². The van der Waals surface area contributed by atoms with E-state index in [0.717, 1.165) is 10.0 Å². The van der Waals surface area contributed by atoms with Crippen LogP contribution in [0.5, 0.6) is 5.75 Å². The standard InChI is InChI=1S/C8H8BrClO/c1-5-3-4-6(9)8(11-2)7(5)10/h3-4H,1-2H3. The number of aryl methyl sites for hydroxylation is 1. The van der Waals surface area contributed by atoms with Gasteiger partial charge >= 0.3 is 0 Å². The quantitative estimate of drug-likeness (QED) is 0.725. The second kappa shape index (κ2) is 3.46. The van der Waals surface area contributed by atoms with Gasteiger partial charge < -0.3 is 4.74 Å². The van der Waals surface area contributed by atoms with E-state index in [-0.39, 0.29) is 0 Å². The molecule has 1 aromatic rings. The van der Waals surface area contributed by atoms with Crippen LogP contribution < -0.4 is 4.74 Å². The SMILES string of the molecule is COc1c(Br)ccc(C)c1Cl. The van der Waals surface area contributed by atoms with Crippen molar-refractivity contribution < 1.29 is 4.74 Å². The zero-order chi connectivity index (χ0) is 8.43. The third kappa shape index (κ3) is 1.68. The summed E-state index contributed by atoms with van der Waals surface area (Å²) in [5.74, 6) is 0.701. The van der Waals surface area contributed by atoms with Crippen LogP contribution in [-0.4, -0.2) is 7.11 Å². The van der Waals surface area contributed by atoms with Gasteiger partial charge in [0.2, 0.25) is 0 Å². The first-order valence-electron chi connectivity index (χ1n) is 3.15. The zero-order valence-corrected chi connectivity index (χ0v) is 8.66. The summed E-state index contributed by atoms with van der Waals surface area (Å²) in [5, 5.41) is 0.668. The molecule has 60 valence electrons. The highest BCUT2D eigenvalue weighted by Crippen LogP contribution is 2.34. The van der Waals surface area contributed by atoms with Crippen LogP contribution in [0.3, 0.4) is 0 Å². The summed E-state index contributed by atoms with van der Waals surface area (Å²) in [6.07, 6.45) is 0. The molecule has 0 fully saturated rings. The Labute approximate surface area is 79.4 Å². The van der Waals surface area contributed by atoms with Crippen molar-refractivity contribution in [3.8, 4) is 5.75 Å². The van der Waals surface area contributed by atoms with Gasteiger partial charge in [0.25, 0.3) is 0 Å². The lowest BCUT2D eigenvalue weighted by atomic mass is 10.2. The highest BCUT2D eigenvalue weighted by atomic mass is 79.9. The molecule has 0 atom stereocenters. The van der Waals surface area contributed by atoms with E-state index in [9.17, 15) is 0 Å². The van der Waals surface area contributed by atoms with E-state index in [1.54, 1.807) is 7.11 Å². The molecule has 0 bridgehead atoms. The minimum Gasteiger partial charge on any atom is -0.494 e. The predicted octanol–water partition coefficient (Wildman–Crippen LogP) is 3.42. The molecular formula is C8H8BrClO. The fourth-order valence-electron chi connectivity index (χ4n) is 0.818. The summed E-state index contributed by atoms with van der Waals surface area (Å²) in [6.45, 7) is 1.94. The first-order chi connectivity index (χ1) is 5.16. The molecule has 0 unspecified atom stereocenters. The second-order valence-corrected chi connectivity index (χ2v) is 3.44. The molecule has 0 aliphatic heterocycles. The Balaban J connectivity index is 3.29. The number of halogens is 2. The summed E-state index contributed by atoms with van der Waals surface area (Å²) >= 11 is 9.28. The third-order valence-electron chi connectivity index (χ3n) is 1.45. The van der Waals surface area contributed by atoms with Crippen LogP contribution in [0, 0.1) is 6.92 Å². The summed E-state index contributed by atoms with van der Waals surface area (Å²) in [5.41, 5.74) is 1.02. The van der Waals surface area contributed by atoms with Gasteiger partial charge in [-0.15, -0.1) is 0 Å². The normalized spacial score (nSPS) is 9.82. The summed E-state index contributed by atoms with van der Waals surface area (Å²) in [6, 6.07) is 3.86. The van der Waals surface area contributed by atoms with E-state index < -0.39 is 0 Å². The maximum Gasteiger partial charge on any atom is 0.151 e. The van der Waals surface area contributed by atoms with Crippen molar-refractivity contribution in [1.82, 2.24) is 0 Å². The van der Waals surface area contributed by atoms with Crippen LogP contribution in [-0.2, 0) is 0 Å². The van der Waals surface area contributed by atoms with Crippen LogP contribution in [0.2, 0.25) is 5.02 Å². The number of ether oxygens (including phenoxy) is 1. The topological polar surface area (TPSA) is 9.23 Å². The van der Waals surface area contributed by atoms with Crippen LogP contribution in [0.25, 0.3) is 0 Å². The second-order valence-electron chi connectivity index (χ2n) is 2.21. The molecular weight excluding hydrogens is 227 g/mol. The maximum atomic E-state index is 5.94. The van der Waals surface area contributed by atoms with E-state index in [1.165, 1.54) is 0 Å². The molecule has 0 spiro atoms. The molecule has 0 radical (unpaired) electrons. The van der Waals surface area contributed by atoms with E-state index in [0.29, 0.717) is 10.8 Å². The lowest BCUT2D eigenvalue weighted by molar-refractivity contribution is 0.412. The molecule has 0 N–H and O–H groups in total. The minimum absolute atomic E-state index is 0.668. The lowest BCUT2D eigenvalue weighted by Crippen LogP contribution is -1.87. The molecule has 1 nitrogen and oxygen atoms in total. The van der Waals surface area contributed by atoms with Crippen LogP contribution in [0.4, 0.5) is 0 Å². The minimum atomic E-state index is 0.668. The largest absolute Gasteiger partial charge is 0.494 e. The molecule has 0 aromatic heterocycles. The van der Waals surface area contributed by atoms with Crippen LogP contribution in [0.1, 0.15) is 5.56 Å². The van der Waals surface area contributed by atoms with E-state index in [4.69, 9.17) is 16.3 Å². The fraction of sp³-hybridized carbons (Fsp3) is 0.250. The van der Waals surface area contributed by atoms with Gasteiger partial charge in [-0.1, -0.05) is 17.7 Å². The molecule has 0 saturated carbocycles. The highest BCUT2D eigenvalue weighted by Gasteiger charge is 2.06. The van der Waals surface area contributed by atoms with Gasteiger partial charge in [-0.3, -0.25) is 0 Å². The number of hydrogen-bond acceptors (Lipinski definition) is 1. The highest BCUT2D eigenvalue weighted by molar-refractivity contribution is 9.10. The van der Waals surface area contributed by atoms with Crippen molar-refractivity contribution >= 4 is 27.5 Å². The Hall–Kier alpha value is -0.210. The molecule has 11 heavy (non-hydrogen) atoms. The van der Waals surface area contributed by atoms with Gasteiger partial charge in [-0.05, 0) is 34.5 Å². The lowest BCUT2D eigenvalue weighted by Gasteiger charge is -2.06. The van der Waals surface area contributed by atoms with Gasteiger partial charge in [-0.2, -0.15) is 0 Å². The van der Waals surface area contributed by atoms with Gasteiger partial charge in [0, 0.05) is 0 Å². The van der Waals surface area contributed by atoms with Gasteiger partial charge in [0.05, 0.1) is 16.6 Å². The van der Waals surface area contributed by atoms with Crippen LogP contribution in [0.15, 0.2) is 16.6 Å². The summed E-state index contributed by atoms with van der Waals surface area (Å²) in [4.78, 5) is 0. The maximum absolute atomic E-state index is 5.94. The van der Waals surface area contributed by atoms with E-state index in [2.05, 4.69) is 15.9 Å². The summed E-state index contributed by atoms with van der Waals surface area (Å²) < 4.78 is 5.96. The Morgan fingerprint density at radius 3 is 2.55 bits per heavy atom. The van der Waals surface area contributed by atoms with E-state index in [1.807, 2.05) is 19.1 Å². The molecule has 0 amide bonds. The Morgan fingerprint density at radius 1 is 1.45 bits per heavy atom. The number of methoxy groups -OCH3 is 1. The van der Waals surface area contributed by atoms with Gasteiger partial charge in [-0.25, -0.2) is 0 Å². The fourth-order valence-corrected chi connectivity index (χ4v) is 1.67. The number of rotatable bonds is 1. The molecule has 0 saturated heterocycles. The van der Waals surface area contributed by atoms with Gasteiger partial charge in [0.15, 0.2) is 5.75 Å². The van der Waals surface area contributed by atoms with Crippen molar-refractivity contribution in [2.45, 2.75) is 6.92 Å². The van der Waals surface area contributed by atoms with Crippen molar-refractivity contribution in [1.29, 1.82) is 0 Å². The first-order valence-corrected chi connectivity index (χ1v) is 4.32. The average molecular weight is 236 g/mol. The number of hydrogen-bond donors (Lipinski definition) is 0. The van der Waals surface area contributed by atoms with Crippen molar-refractivity contribution in [2.75, 3.05) is 7.11 Å². The Bertz CT molecular complexity index is 273. The smallest absolute Gasteiger partial charge is 0.151 e. The predicted molar refractivity (Wildman–Crippen MR) is 50.4 cm³/mol. The van der Waals surface area contributed by atoms with Crippen LogP contribution >= 0.6 is 27.5 Å². The molecule has 3 heteroatoms. The Kier molecular flexibility index (Phi) is 2.79. The van der Waals surface area contributed by atoms with E-state index >= 15 is 0 Å². The van der Waals surface area contributed by atoms with Crippen molar-refractivity contribution in [3.05, 3.63) is 27.2 Å².